The van der Waals surface area contributed by atoms with Gasteiger partial charge < -0.3 is 14.2 Å². The van der Waals surface area contributed by atoms with Gasteiger partial charge in [-0.05, 0) is 96.2 Å². The molecular weight excluding hydrogens is 596 g/mol. The predicted molar refractivity (Wildman–Crippen MR) is 169 cm³/mol. The Kier molecular flexibility index (Phi) is 10.0. The third-order valence-electron chi connectivity index (χ3n) is 6.94. The molecule has 0 aliphatic heterocycles. The van der Waals surface area contributed by atoms with Gasteiger partial charge in [0.2, 0.25) is 0 Å². The number of hydrogen-bond donors (Lipinski definition) is 1. The van der Waals surface area contributed by atoms with Gasteiger partial charge >= 0.3 is 12.1 Å². The molecule has 0 saturated heterocycles. The van der Waals surface area contributed by atoms with Crippen molar-refractivity contribution in [1.29, 1.82) is 0 Å². The largest absolute Gasteiger partial charge is 0.459 e. The summed E-state index contributed by atoms with van der Waals surface area (Å²) in [4.78, 5) is 35.9. The van der Waals surface area contributed by atoms with E-state index in [0.717, 1.165) is 28.9 Å². The van der Waals surface area contributed by atoms with Crippen LogP contribution in [0.1, 0.15) is 77.2 Å². The van der Waals surface area contributed by atoms with Crippen molar-refractivity contribution in [3.05, 3.63) is 83.7 Å². The molecule has 0 radical (unpaired) electrons. The SMILES string of the molecule is COC1(c2ccc(CC(NS(=O)(=O)c3ccccn3)c3cccc(N(CC(=O)OC(C)(C)C)C(=O)OC(C)(C)C)n3)cc2)CC1. The Morgan fingerprint density at radius 3 is 2.16 bits per heavy atom. The van der Waals surface area contributed by atoms with Crippen LogP contribution in [0.25, 0.3) is 0 Å². The van der Waals surface area contributed by atoms with E-state index in [-0.39, 0.29) is 22.9 Å². The second-order valence-electron chi connectivity index (χ2n) is 13.0. The number of carbonyl (C=O) groups excluding carboxylic acids is 2. The van der Waals surface area contributed by atoms with Crippen molar-refractivity contribution in [1.82, 2.24) is 14.7 Å². The van der Waals surface area contributed by atoms with Gasteiger partial charge in [-0.3, -0.25) is 9.69 Å². The van der Waals surface area contributed by atoms with Gasteiger partial charge in [0.25, 0.3) is 10.0 Å². The zero-order valence-corrected chi connectivity index (χ0v) is 27.7. The summed E-state index contributed by atoms with van der Waals surface area (Å²) in [5.74, 6) is -0.557. The highest BCUT2D eigenvalue weighted by molar-refractivity contribution is 7.89. The maximum Gasteiger partial charge on any atom is 0.416 e. The lowest BCUT2D eigenvalue weighted by atomic mass is 10.00. The summed E-state index contributed by atoms with van der Waals surface area (Å²) >= 11 is 0. The quantitative estimate of drug-likeness (QED) is 0.272. The van der Waals surface area contributed by atoms with Crippen LogP contribution < -0.4 is 9.62 Å². The van der Waals surface area contributed by atoms with Gasteiger partial charge in [-0.2, -0.15) is 0 Å². The molecule has 4 rings (SSSR count). The first-order chi connectivity index (χ1) is 21.0. The third kappa shape index (κ3) is 9.32. The van der Waals surface area contributed by atoms with Gasteiger partial charge in [-0.25, -0.2) is 27.9 Å². The summed E-state index contributed by atoms with van der Waals surface area (Å²) in [6.45, 7) is 9.86. The number of sulfonamides is 1. The fourth-order valence-electron chi connectivity index (χ4n) is 4.71. The van der Waals surface area contributed by atoms with Crippen molar-refractivity contribution in [3.63, 3.8) is 0 Å². The van der Waals surface area contributed by atoms with Crippen LogP contribution in [0, 0.1) is 0 Å². The van der Waals surface area contributed by atoms with E-state index in [1.54, 1.807) is 79.0 Å². The summed E-state index contributed by atoms with van der Waals surface area (Å²) in [7, 11) is -2.37. The minimum atomic E-state index is -4.07. The van der Waals surface area contributed by atoms with E-state index in [4.69, 9.17) is 14.2 Å². The second-order valence-corrected chi connectivity index (χ2v) is 14.7. The Balaban J connectivity index is 1.70. The molecule has 2 heterocycles. The van der Waals surface area contributed by atoms with Crippen molar-refractivity contribution >= 4 is 27.9 Å². The minimum absolute atomic E-state index is 0.0979. The molecule has 11 nitrogen and oxygen atoms in total. The third-order valence-corrected chi connectivity index (χ3v) is 8.32. The van der Waals surface area contributed by atoms with Crippen LogP contribution in [-0.4, -0.2) is 55.3 Å². The molecule has 45 heavy (non-hydrogen) atoms. The van der Waals surface area contributed by atoms with Crippen LogP contribution >= 0.6 is 0 Å². The number of amides is 1. The highest BCUT2D eigenvalue weighted by Gasteiger charge is 2.44. The molecule has 0 bridgehead atoms. The van der Waals surface area contributed by atoms with E-state index in [2.05, 4.69) is 14.7 Å². The normalized spacial score (nSPS) is 15.2. The molecule has 1 amide bonds. The number of methoxy groups -OCH3 is 1. The summed E-state index contributed by atoms with van der Waals surface area (Å²) in [6.07, 6.45) is 2.74. The molecule has 1 saturated carbocycles. The molecule has 1 fully saturated rings. The molecule has 242 valence electrons. The average molecular weight is 639 g/mol. The highest BCUT2D eigenvalue weighted by atomic mass is 32.2. The number of esters is 1. The lowest BCUT2D eigenvalue weighted by molar-refractivity contribution is -0.153. The Hall–Kier alpha value is -3.87. The molecule has 1 aromatic carbocycles. The number of anilines is 1. The summed E-state index contributed by atoms with van der Waals surface area (Å²) in [6, 6.07) is 16.5. The molecule has 2 aromatic heterocycles. The Morgan fingerprint density at radius 2 is 1.60 bits per heavy atom. The topological polar surface area (TPSA) is 137 Å². The van der Waals surface area contributed by atoms with E-state index in [1.165, 1.54) is 12.3 Å². The van der Waals surface area contributed by atoms with Crippen LogP contribution in [0.3, 0.4) is 0 Å². The zero-order valence-electron chi connectivity index (χ0n) is 26.9. The van der Waals surface area contributed by atoms with Gasteiger partial charge in [0.1, 0.15) is 23.6 Å². The number of benzene rings is 1. The smallest absolute Gasteiger partial charge is 0.416 e. The number of ether oxygens (including phenoxy) is 3. The van der Waals surface area contributed by atoms with E-state index in [0.29, 0.717) is 5.69 Å². The molecule has 0 spiro atoms. The van der Waals surface area contributed by atoms with Crippen molar-refractivity contribution < 1.29 is 32.2 Å². The Labute approximate surface area is 265 Å². The lowest BCUT2D eigenvalue weighted by Gasteiger charge is -2.28. The number of hydrogen-bond acceptors (Lipinski definition) is 9. The van der Waals surface area contributed by atoms with Gasteiger partial charge in [-0.1, -0.05) is 36.4 Å². The van der Waals surface area contributed by atoms with E-state index in [1.807, 2.05) is 24.3 Å². The Morgan fingerprint density at radius 1 is 0.933 bits per heavy atom. The number of aromatic nitrogens is 2. The number of rotatable bonds is 11. The summed E-state index contributed by atoms with van der Waals surface area (Å²) in [5.41, 5.74) is 0.352. The first-order valence-electron chi connectivity index (χ1n) is 14.8. The molecule has 12 heteroatoms. The van der Waals surface area contributed by atoms with E-state index >= 15 is 0 Å². The average Bonchev–Trinajstić information content (AvgIpc) is 3.76. The summed E-state index contributed by atoms with van der Waals surface area (Å²) in [5, 5.41) is -0.141. The molecule has 3 aromatic rings. The van der Waals surface area contributed by atoms with Crippen LogP contribution in [0.4, 0.5) is 10.6 Å². The fraction of sp³-hybridized carbons (Fsp3) is 0.455. The van der Waals surface area contributed by atoms with E-state index in [9.17, 15) is 18.0 Å². The van der Waals surface area contributed by atoms with Gasteiger partial charge in [0, 0.05) is 13.3 Å². The van der Waals surface area contributed by atoms with Crippen molar-refractivity contribution in [2.24, 2.45) is 0 Å². The van der Waals surface area contributed by atoms with Gasteiger partial charge in [0.05, 0.1) is 17.3 Å². The lowest BCUT2D eigenvalue weighted by Crippen LogP contribution is -2.42. The molecule has 1 unspecified atom stereocenters. The van der Waals surface area contributed by atoms with Gasteiger partial charge in [-0.15, -0.1) is 0 Å². The number of pyridine rings is 2. The number of nitrogens with zero attached hydrogens (tertiary/aromatic N) is 3. The number of nitrogens with one attached hydrogen (secondary N) is 1. The molecule has 1 aliphatic carbocycles. The maximum atomic E-state index is 13.4. The van der Waals surface area contributed by atoms with Crippen LogP contribution in [0.2, 0.25) is 0 Å². The first kappa shape index (κ1) is 34.0. The molecule has 1 N–H and O–H groups in total. The molecule has 1 aliphatic rings. The molecule has 1 atom stereocenters. The number of carbonyl (C=O) groups is 2. The van der Waals surface area contributed by atoms with Crippen molar-refractivity contribution in [2.45, 2.75) is 88.7 Å². The highest BCUT2D eigenvalue weighted by Crippen LogP contribution is 2.48. The standard InChI is InChI=1S/C33H42N4O7S/c1-31(2,3)43-29(38)22-37(30(39)44-32(4,5)6)27-12-10-11-25(35-27)26(36-45(40,41)28-13-8-9-20-34-28)21-23-14-16-24(17-15-23)33(42-7)18-19-33/h8-17,20,26,36H,18-19,21-22H2,1-7H3. The molecular formula is C33H42N4O7S. The van der Waals surface area contributed by atoms with Crippen LogP contribution in [0.15, 0.2) is 71.9 Å². The maximum absolute atomic E-state index is 13.4. The van der Waals surface area contributed by atoms with E-state index < -0.39 is 45.9 Å². The van der Waals surface area contributed by atoms with Crippen LogP contribution in [-0.2, 0) is 41.1 Å². The van der Waals surface area contributed by atoms with Gasteiger partial charge in [0.15, 0.2) is 5.03 Å². The van der Waals surface area contributed by atoms with Crippen LogP contribution in [0.5, 0.6) is 0 Å². The zero-order chi connectivity index (χ0) is 33.0. The first-order valence-corrected chi connectivity index (χ1v) is 16.3. The minimum Gasteiger partial charge on any atom is -0.459 e. The van der Waals surface area contributed by atoms with Crippen molar-refractivity contribution in [2.75, 3.05) is 18.6 Å². The fourth-order valence-corrected chi connectivity index (χ4v) is 5.86. The summed E-state index contributed by atoms with van der Waals surface area (Å²) < 4.78 is 46.4. The Bertz CT molecular complexity index is 1590. The van der Waals surface area contributed by atoms with Crippen molar-refractivity contribution in [3.8, 4) is 0 Å². The monoisotopic (exact) mass is 638 g/mol. The second kappa shape index (κ2) is 13.2. The predicted octanol–water partition coefficient (Wildman–Crippen LogP) is 5.46.